The number of nitrogens with two attached hydrogens (primary N) is 1. The van der Waals surface area contributed by atoms with Gasteiger partial charge in [0.25, 0.3) is 0 Å². The molecule has 0 amide bonds. The lowest BCUT2D eigenvalue weighted by atomic mass is 10.2. The summed E-state index contributed by atoms with van der Waals surface area (Å²) in [6.07, 6.45) is 3.30. The second kappa shape index (κ2) is 2.76. The molecule has 0 fully saturated rings. The highest BCUT2D eigenvalue weighted by molar-refractivity contribution is 8.03. The Balaban J connectivity index is 2.45. The molecule has 1 rings (SSSR count). The number of thioether (sulfide) groups is 1. The first-order valence-electron chi connectivity index (χ1n) is 3.32. The molecule has 0 radical (unpaired) electrons. The number of allylic oxidation sites excluding steroid dienone is 1. The van der Waals surface area contributed by atoms with Gasteiger partial charge < -0.3 is 5.73 Å². The van der Waals surface area contributed by atoms with E-state index in [-0.39, 0.29) is 0 Å². The quantitative estimate of drug-likeness (QED) is 0.607. The first kappa shape index (κ1) is 7.16. The van der Waals surface area contributed by atoms with E-state index in [1.165, 1.54) is 4.91 Å². The maximum atomic E-state index is 5.67. The van der Waals surface area contributed by atoms with Crippen molar-refractivity contribution in [3.8, 4) is 0 Å². The molecule has 2 heteroatoms. The summed E-state index contributed by atoms with van der Waals surface area (Å²) in [6.45, 7) is 4.41. The summed E-state index contributed by atoms with van der Waals surface area (Å²) in [6, 6.07) is 0. The van der Waals surface area contributed by atoms with E-state index in [9.17, 15) is 0 Å². The van der Waals surface area contributed by atoms with Crippen molar-refractivity contribution in [1.29, 1.82) is 0 Å². The van der Waals surface area contributed by atoms with Crippen LogP contribution in [0.25, 0.3) is 0 Å². The SMILES string of the molecule is CC(C)C1=CCC(N)S1. The van der Waals surface area contributed by atoms with Gasteiger partial charge in [0.2, 0.25) is 0 Å². The first-order valence-corrected chi connectivity index (χ1v) is 4.20. The average molecular weight is 143 g/mol. The zero-order valence-corrected chi connectivity index (χ0v) is 6.74. The minimum atomic E-state index is 0.336. The Bertz CT molecular complexity index is 129. The molecule has 1 heterocycles. The Kier molecular flexibility index (Phi) is 2.19. The van der Waals surface area contributed by atoms with Crippen LogP contribution in [0.5, 0.6) is 0 Å². The first-order chi connectivity index (χ1) is 4.20. The summed E-state index contributed by atoms with van der Waals surface area (Å²) in [7, 11) is 0. The van der Waals surface area contributed by atoms with Gasteiger partial charge in [0.15, 0.2) is 0 Å². The fraction of sp³-hybridized carbons (Fsp3) is 0.714. The van der Waals surface area contributed by atoms with Gasteiger partial charge in [-0.1, -0.05) is 19.9 Å². The van der Waals surface area contributed by atoms with Crippen molar-refractivity contribution in [2.24, 2.45) is 11.7 Å². The monoisotopic (exact) mass is 143 g/mol. The molecule has 0 aromatic heterocycles. The van der Waals surface area contributed by atoms with Crippen molar-refractivity contribution >= 4 is 11.8 Å². The topological polar surface area (TPSA) is 26.0 Å². The van der Waals surface area contributed by atoms with E-state index >= 15 is 0 Å². The molecule has 1 aliphatic rings. The molecular weight excluding hydrogens is 130 g/mol. The largest absolute Gasteiger partial charge is 0.319 e. The lowest BCUT2D eigenvalue weighted by Crippen LogP contribution is -2.10. The molecule has 0 spiro atoms. The van der Waals surface area contributed by atoms with E-state index in [4.69, 9.17) is 5.73 Å². The van der Waals surface area contributed by atoms with Crippen LogP contribution >= 0.6 is 11.8 Å². The predicted octanol–water partition coefficient (Wildman–Crippen LogP) is 1.95. The molecule has 2 N–H and O–H groups in total. The fourth-order valence-electron chi connectivity index (χ4n) is 0.875. The molecule has 1 nitrogen and oxygen atoms in total. The van der Waals surface area contributed by atoms with Crippen LogP contribution in [-0.2, 0) is 0 Å². The van der Waals surface area contributed by atoms with Crippen LogP contribution < -0.4 is 5.73 Å². The van der Waals surface area contributed by atoms with Gasteiger partial charge in [-0.25, -0.2) is 0 Å². The highest BCUT2D eigenvalue weighted by Crippen LogP contribution is 2.33. The van der Waals surface area contributed by atoms with Crippen molar-refractivity contribution in [3.05, 3.63) is 11.0 Å². The Hall–Kier alpha value is 0.0500. The maximum Gasteiger partial charge on any atom is 0.0586 e. The standard InChI is InChI=1S/C7H13NS/c1-5(2)6-3-4-7(8)9-6/h3,5,7H,4,8H2,1-2H3. The summed E-state index contributed by atoms with van der Waals surface area (Å²) < 4.78 is 0. The normalized spacial score (nSPS) is 27.1. The van der Waals surface area contributed by atoms with E-state index in [0.29, 0.717) is 11.3 Å². The molecule has 52 valence electrons. The predicted molar refractivity (Wildman–Crippen MR) is 43.1 cm³/mol. The van der Waals surface area contributed by atoms with Crippen molar-refractivity contribution in [3.63, 3.8) is 0 Å². The van der Waals surface area contributed by atoms with Gasteiger partial charge in [-0.3, -0.25) is 0 Å². The summed E-state index contributed by atoms with van der Waals surface area (Å²) in [4.78, 5) is 1.46. The minimum Gasteiger partial charge on any atom is -0.319 e. The average Bonchev–Trinajstić information content (AvgIpc) is 2.14. The molecule has 9 heavy (non-hydrogen) atoms. The molecule has 1 aliphatic heterocycles. The molecule has 0 saturated heterocycles. The van der Waals surface area contributed by atoms with Gasteiger partial charge in [-0.15, -0.1) is 11.8 Å². The summed E-state index contributed by atoms with van der Waals surface area (Å²) >= 11 is 1.81. The molecule has 0 aliphatic carbocycles. The second-order valence-corrected chi connectivity index (χ2v) is 3.97. The highest BCUT2D eigenvalue weighted by atomic mass is 32.2. The lowest BCUT2D eigenvalue weighted by molar-refractivity contribution is 0.816. The van der Waals surface area contributed by atoms with Crippen LogP contribution in [0.3, 0.4) is 0 Å². The summed E-state index contributed by atoms with van der Waals surface area (Å²) in [5, 5.41) is 0.336. The molecule has 1 unspecified atom stereocenters. The van der Waals surface area contributed by atoms with Crippen LogP contribution in [0.4, 0.5) is 0 Å². The van der Waals surface area contributed by atoms with Crippen LogP contribution in [0.2, 0.25) is 0 Å². The van der Waals surface area contributed by atoms with Crippen molar-refractivity contribution in [2.75, 3.05) is 0 Å². The number of rotatable bonds is 1. The molecular formula is C7H13NS. The maximum absolute atomic E-state index is 5.67. The zero-order valence-electron chi connectivity index (χ0n) is 5.92. The molecule has 0 aromatic carbocycles. The van der Waals surface area contributed by atoms with Gasteiger partial charge in [0, 0.05) is 0 Å². The molecule has 0 bridgehead atoms. The third-order valence-electron chi connectivity index (χ3n) is 1.41. The zero-order chi connectivity index (χ0) is 6.85. The Morgan fingerprint density at radius 1 is 1.78 bits per heavy atom. The van der Waals surface area contributed by atoms with Crippen molar-refractivity contribution in [1.82, 2.24) is 0 Å². The van der Waals surface area contributed by atoms with Crippen LogP contribution in [0, 0.1) is 5.92 Å². The van der Waals surface area contributed by atoms with E-state index < -0.39 is 0 Å². The lowest BCUT2D eigenvalue weighted by Gasteiger charge is -2.05. The Morgan fingerprint density at radius 2 is 2.44 bits per heavy atom. The Morgan fingerprint density at radius 3 is 2.67 bits per heavy atom. The van der Waals surface area contributed by atoms with Gasteiger partial charge in [-0.2, -0.15) is 0 Å². The van der Waals surface area contributed by atoms with Gasteiger partial charge >= 0.3 is 0 Å². The van der Waals surface area contributed by atoms with E-state index in [0.717, 1.165) is 6.42 Å². The number of hydrogen-bond acceptors (Lipinski definition) is 2. The smallest absolute Gasteiger partial charge is 0.0586 e. The van der Waals surface area contributed by atoms with E-state index in [1.54, 1.807) is 0 Å². The van der Waals surface area contributed by atoms with Gasteiger partial charge in [0.1, 0.15) is 0 Å². The van der Waals surface area contributed by atoms with Crippen LogP contribution in [-0.4, -0.2) is 5.37 Å². The third-order valence-corrected chi connectivity index (χ3v) is 2.81. The van der Waals surface area contributed by atoms with Gasteiger partial charge in [0.05, 0.1) is 5.37 Å². The molecule has 0 aromatic rings. The van der Waals surface area contributed by atoms with Crippen molar-refractivity contribution < 1.29 is 0 Å². The Labute approximate surface area is 60.7 Å². The highest BCUT2D eigenvalue weighted by Gasteiger charge is 2.15. The molecule has 1 atom stereocenters. The van der Waals surface area contributed by atoms with Crippen LogP contribution in [0.15, 0.2) is 11.0 Å². The number of hydrogen-bond donors (Lipinski definition) is 1. The summed E-state index contributed by atoms with van der Waals surface area (Å²) in [5.74, 6) is 0.670. The second-order valence-electron chi connectivity index (χ2n) is 2.65. The third kappa shape index (κ3) is 1.73. The fourth-order valence-corrected chi connectivity index (χ4v) is 1.88. The summed E-state index contributed by atoms with van der Waals surface area (Å²) in [5.41, 5.74) is 5.67. The van der Waals surface area contributed by atoms with E-state index in [1.807, 2.05) is 11.8 Å². The molecule has 0 saturated carbocycles. The van der Waals surface area contributed by atoms with Crippen LogP contribution in [0.1, 0.15) is 20.3 Å². The van der Waals surface area contributed by atoms with Crippen molar-refractivity contribution in [2.45, 2.75) is 25.6 Å². The van der Waals surface area contributed by atoms with E-state index in [2.05, 4.69) is 19.9 Å². The van der Waals surface area contributed by atoms with Gasteiger partial charge in [-0.05, 0) is 17.2 Å². The minimum absolute atomic E-state index is 0.336.